The monoisotopic (exact) mass is 360 g/mol. The molecule has 0 aromatic heterocycles. The molecule has 2 rings (SSSR count). The van der Waals surface area contributed by atoms with E-state index < -0.39 is 22.4 Å². The Morgan fingerprint density at radius 2 is 2.12 bits per heavy atom. The molecule has 0 bridgehead atoms. The summed E-state index contributed by atoms with van der Waals surface area (Å²) in [6.45, 7) is 5.77. The van der Waals surface area contributed by atoms with Crippen molar-refractivity contribution >= 4 is 5.69 Å². The molecule has 0 aliphatic carbocycles. The van der Waals surface area contributed by atoms with Crippen molar-refractivity contribution in [3.8, 4) is 5.75 Å². The van der Waals surface area contributed by atoms with Crippen LogP contribution in [-0.4, -0.2) is 35.1 Å². The summed E-state index contributed by atoms with van der Waals surface area (Å²) in [4.78, 5) is 12.1. The number of halogens is 3. The number of benzene rings is 1. The van der Waals surface area contributed by atoms with Gasteiger partial charge in [0.1, 0.15) is 17.4 Å². The van der Waals surface area contributed by atoms with Crippen LogP contribution in [0, 0.1) is 10.1 Å². The van der Waals surface area contributed by atoms with E-state index in [1.807, 2.05) is 0 Å². The predicted molar refractivity (Wildman–Crippen MR) is 87.7 cm³/mol. The summed E-state index contributed by atoms with van der Waals surface area (Å²) >= 11 is 0. The first-order chi connectivity index (χ1) is 11.8. The van der Waals surface area contributed by atoms with Crippen LogP contribution >= 0.6 is 0 Å². The van der Waals surface area contributed by atoms with Crippen LogP contribution in [0.1, 0.15) is 45.1 Å². The summed E-state index contributed by atoms with van der Waals surface area (Å²) in [6.07, 6.45) is -1.07. The second kappa shape index (κ2) is 8.03. The largest absolute Gasteiger partial charge is 0.489 e. The second-order valence-corrected chi connectivity index (χ2v) is 6.31. The Morgan fingerprint density at radius 3 is 2.68 bits per heavy atom. The van der Waals surface area contributed by atoms with E-state index in [9.17, 15) is 23.3 Å². The van der Waals surface area contributed by atoms with Crippen LogP contribution in [0.15, 0.2) is 18.2 Å². The molecule has 5 nitrogen and oxygen atoms in total. The minimum Gasteiger partial charge on any atom is -0.489 e. The average Bonchev–Trinajstić information content (AvgIpc) is 2.99. The number of ether oxygens (including phenoxy) is 1. The van der Waals surface area contributed by atoms with Gasteiger partial charge in [0.2, 0.25) is 0 Å². The van der Waals surface area contributed by atoms with E-state index in [1.54, 1.807) is 0 Å². The minimum absolute atomic E-state index is 0.0216. The summed E-state index contributed by atoms with van der Waals surface area (Å²) in [5, 5.41) is 10.8. The van der Waals surface area contributed by atoms with E-state index in [4.69, 9.17) is 4.74 Å². The molecule has 1 aliphatic rings. The Morgan fingerprint density at radius 1 is 1.40 bits per heavy atom. The molecular formula is C17H23F3N2O3. The molecule has 2 unspecified atom stereocenters. The number of likely N-dealkylation sites (tertiary alicyclic amines) is 1. The molecule has 0 N–H and O–H groups in total. The Labute approximate surface area is 144 Å². The van der Waals surface area contributed by atoms with Crippen LogP contribution in [0.3, 0.4) is 0 Å². The highest BCUT2D eigenvalue weighted by Crippen LogP contribution is 2.38. The van der Waals surface area contributed by atoms with Gasteiger partial charge in [-0.25, -0.2) is 0 Å². The van der Waals surface area contributed by atoms with Crippen LogP contribution in [-0.2, 0) is 6.18 Å². The number of nitro groups is 1. The molecule has 1 aromatic rings. The van der Waals surface area contributed by atoms with Crippen molar-refractivity contribution in [1.82, 2.24) is 4.90 Å². The van der Waals surface area contributed by atoms with E-state index in [0.29, 0.717) is 12.6 Å². The standard InChI is InChI=1S/C17H23F3N2O3/c1-3-5-12(4-2)21-9-8-14(11-21)25-13-6-7-16(22(23)24)15(10-13)17(18,19)20/h6-7,10,12,14H,3-5,8-9,11H2,1-2H3. The van der Waals surface area contributed by atoms with Crippen molar-refractivity contribution in [3.05, 3.63) is 33.9 Å². The fourth-order valence-corrected chi connectivity index (χ4v) is 3.33. The van der Waals surface area contributed by atoms with Crippen molar-refractivity contribution in [1.29, 1.82) is 0 Å². The molecule has 0 radical (unpaired) electrons. The quantitative estimate of drug-likeness (QED) is 0.525. The van der Waals surface area contributed by atoms with Gasteiger partial charge < -0.3 is 4.74 Å². The van der Waals surface area contributed by atoms with Gasteiger partial charge in [-0.3, -0.25) is 15.0 Å². The third kappa shape index (κ3) is 4.84. The fourth-order valence-electron chi connectivity index (χ4n) is 3.33. The number of hydrogen-bond donors (Lipinski definition) is 0. The second-order valence-electron chi connectivity index (χ2n) is 6.31. The SMILES string of the molecule is CCCC(CC)N1CCC(Oc2ccc([N+](=O)[O-])c(C(F)(F)F)c2)C1. The van der Waals surface area contributed by atoms with Gasteiger partial charge in [-0.2, -0.15) is 13.2 Å². The molecule has 1 aliphatic heterocycles. The summed E-state index contributed by atoms with van der Waals surface area (Å²) < 4.78 is 44.8. The maximum absolute atomic E-state index is 13.0. The average molecular weight is 360 g/mol. The Hall–Kier alpha value is -1.83. The molecule has 0 spiro atoms. The molecule has 1 fully saturated rings. The Balaban J connectivity index is 2.10. The summed E-state index contributed by atoms with van der Waals surface area (Å²) in [5.41, 5.74) is -2.23. The Bertz CT molecular complexity index is 607. The third-order valence-electron chi connectivity index (χ3n) is 4.56. The van der Waals surface area contributed by atoms with Crippen molar-refractivity contribution in [3.63, 3.8) is 0 Å². The van der Waals surface area contributed by atoms with Crippen molar-refractivity contribution < 1.29 is 22.8 Å². The van der Waals surface area contributed by atoms with Gasteiger partial charge in [0.25, 0.3) is 5.69 Å². The van der Waals surface area contributed by atoms with Crippen LogP contribution in [0.25, 0.3) is 0 Å². The van der Waals surface area contributed by atoms with Gasteiger partial charge in [0.05, 0.1) is 4.92 Å². The van der Waals surface area contributed by atoms with Gasteiger partial charge in [0, 0.05) is 25.2 Å². The van der Waals surface area contributed by atoms with Crippen LogP contribution < -0.4 is 4.74 Å². The van der Waals surface area contributed by atoms with Crippen molar-refractivity contribution in [2.24, 2.45) is 0 Å². The topological polar surface area (TPSA) is 55.6 Å². The molecule has 25 heavy (non-hydrogen) atoms. The van der Waals surface area contributed by atoms with E-state index in [1.165, 1.54) is 6.07 Å². The lowest BCUT2D eigenvalue weighted by Gasteiger charge is -2.26. The number of nitrogens with zero attached hydrogens (tertiary/aromatic N) is 2. The molecule has 1 saturated heterocycles. The number of rotatable bonds is 7. The van der Waals surface area contributed by atoms with Gasteiger partial charge in [-0.1, -0.05) is 20.3 Å². The molecule has 0 saturated carbocycles. The number of hydrogen-bond acceptors (Lipinski definition) is 4. The highest BCUT2D eigenvalue weighted by atomic mass is 19.4. The normalized spacial score (nSPS) is 19.8. The van der Waals surface area contributed by atoms with Crippen molar-refractivity contribution in [2.75, 3.05) is 13.1 Å². The number of alkyl halides is 3. The maximum atomic E-state index is 13.0. The smallest absolute Gasteiger partial charge is 0.423 e. The van der Waals surface area contributed by atoms with Crippen LogP contribution in [0.2, 0.25) is 0 Å². The Kier molecular flexibility index (Phi) is 6.26. The van der Waals surface area contributed by atoms with Gasteiger partial charge >= 0.3 is 6.18 Å². The lowest BCUT2D eigenvalue weighted by Crippen LogP contribution is -2.34. The van der Waals surface area contributed by atoms with Gasteiger partial charge in [-0.15, -0.1) is 0 Å². The predicted octanol–water partition coefficient (Wildman–Crippen LogP) is 4.65. The first-order valence-corrected chi connectivity index (χ1v) is 8.52. The lowest BCUT2D eigenvalue weighted by molar-refractivity contribution is -0.388. The minimum atomic E-state index is -4.79. The zero-order valence-electron chi connectivity index (χ0n) is 14.4. The summed E-state index contributed by atoms with van der Waals surface area (Å²) in [7, 11) is 0. The van der Waals surface area contributed by atoms with E-state index in [2.05, 4.69) is 18.7 Å². The molecule has 1 aromatic carbocycles. The van der Waals surface area contributed by atoms with Gasteiger partial charge in [-0.05, 0) is 31.4 Å². The first-order valence-electron chi connectivity index (χ1n) is 8.52. The lowest BCUT2D eigenvalue weighted by atomic mass is 10.1. The van der Waals surface area contributed by atoms with Crippen LogP contribution in [0.4, 0.5) is 18.9 Å². The zero-order chi connectivity index (χ0) is 18.6. The van der Waals surface area contributed by atoms with Gasteiger partial charge in [0.15, 0.2) is 0 Å². The zero-order valence-corrected chi connectivity index (χ0v) is 14.4. The molecule has 2 atom stereocenters. The third-order valence-corrected chi connectivity index (χ3v) is 4.56. The molecule has 0 amide bonds. The molecule has 140 valence electrons. The van der Waals surface area contributed by atoms with E-state index >= 15 is 0 Å². The summed E-state index contributed by atoms with van der Waals surface area (Å²) in [6, 6.07) is 3.28. The molecule has 1 heterocycles. The highest BCUT2D eigenvalue weighted by Gasteiger charge is 2.39. The summed E-state index contributed by atoms with van der Waals surface area (Å²) in [5.74, 6) is 0.0216. The highest BCUT2D eigenvalue weighted by molar-refractivity contribution is 5.47. The maximum Gasteiger partial charge on any atom is 0.423 e. The van der Waals surface area contributed by atoms with E-state index in [0.717, 1.165) is 44.4 Å². The molecule has 8 heteroatoms. The van der Waals surface area contributed by atoms with Crippen molar-refractivity contribution in [2.45, 2.75) is 57.9 Å². The number of nitro benzene ring substituents is 1. The van der Waals surface area contributed by atoms with E-state index in [-0.39, 0.29) is 11.9 Å². The molecular weight excluding hydrogens is 337 g/mol. The fraction of sp³-hybridized carbons (Fsp3) is 0.647. The first kappa shape index (κ1) is 19.5. The van der Waals surface area contributed by atoms with Crippen LogP contribution in [0.5, 0.6) is 5.75 Å².